The standard InChI is InChI=1S/C13H16ClN3O3/c1-20-12(18)6-9-4-2-3-5-17(9)13(19)10-7-15-8-11(14)16-10/h7-9H,2-6H2,1H3. The maximum Gasteiger partial charge on any atom is 0.307 e. The Kier molecular flexibility index (Phi) is 4.89. The quantitative estimate of drug-likeness (QED) is 0.794. The number of carbonyl (C=O) groups excluding carboxylic acids is 2. The first-order valence-corrected chi connectivity index (χ1v) is 6.85. The molecular formula is C13H16ClN3O3. The van der Waals surface area contributed by atoms with Crippen molar-refractivity contribution in [2.45, 2.75) is 31.7 Å². The van der Waals surface area contributed by atoms with Crippen molar-refractivity contribution in [1.82, 2.24) is 14.9 Å². The third kappa shape index (κ3) is 3.45. The van der Waals surface area contributed by atoms with E-state index in [4.69, 9.17) is 11.6 Å². The van der Waals surface area contributed by atoms with Gasteiger partial charge in [-0.1, -0.05) is 11.6 Å². The SMILES string of the molecule is COC(=O)CC1CCCCN1C(=O)c1cncc(Cl)n1. The number of aromatic nitrogens is 2. The summed E-state index contributed by atoms with van der Waals surface area (Å²) in [6.07, 6.45) is 5.66. The van der Waals surface area contributed by atoms with Crippen molar-refractivity contribution < 1.29 is 14.3 Å². The Hall–Kier alpha value is -1.69. The molecule has 0 bridgehead atoms. The molecule has 2 rings (SSSR count). The molecule has 1 saturated heterocycles. The minimum Gasteiger partial charge on any atom is -0.469 e. The minimum absolute atomic E-state index is 0.149. The lowest BCUT2D eigenvalue weighted by Crippen LogP contribution is -2.45. The summed E-state index contributed by atoms with van der Waals surface area (Å²) in [5, 5.41) is 0.178. The predicted molar refractivity (Wildman–Crippen MR) is 72.4 cm³/mol. The van der Waals surface area contributed by atoms with Crippen molar-refractivity contribution in [2.24, 2.45) is 0 Å². The van der Waals surface area contributed by atoms with Gasteiger partial charge in [-0.2, -0.15) is 0 Å². The van der Waals surface area contributed by atoms with E-state index in [1.54, 1.807) is 4.90 Å². The van der Waals surface area contributed by atoms with Crippen LogP contribution in [-0.2, 0) is 9.53 Å². The Morgan fingerprint density at radius 3 is 2.95 bits per heavy atom. The second-order valence-electron chi connectivity index (χ2n) is 4.66. The molecule has 0 spiro atoms. The Balaban J connectivity index is 2.15. The molecule has 6 nitrogen and oxygen atoms in total. The topological polar surface area (TPSA) is 72.4 Å². The van der Waals surface area contributed by atoms with Crippen molar-refractivity contribution in [3.8, 4) is 0 Å². The van der Waals surface area contributed by atoms with Gasteiger partial charge in [0.25, 0.3) is 5.91 Å². The molecule has 1 amide bonds. The number of esters is 1. The van der Waals surface area contributed by atoms with Crippen LogP contribution in [0.15, 0.2) is 12.4 Å². The summed E-state index contributed by atoms with van der Waals surface area (Å²) >= 11 is 5.75. The number of hydrogen-bond donors (Lipinski definition) is 0. The number of methoxy groups -OCH3 is 1. The largest absolute Gasteiger partial charge is 0.469 e. The molecule has 1 fully saturated rings. The molecule has 1 unspecified atom stereocenters. The van der Waals surface area contributed by atoms with Crippen LogP contribution in [0.5, 0.6) is 0 Å². The summed E-state index contributed by atoms with van der Waals surface area (Å²) in [4.78, 5) is 33.4. The van der Waals surface area contributed by atoms with E-state index in [1.165, 1.54) is 19.5 Å². The Morgan fingerprint density at radius 1 is 1.45 bits per heavy atom. The number of rotatable bonds is 3. The van der Waals surface area contributed by atoms with Crippen molar-refractivity contribution in [2.75, 3.05) is 13.7 Å². The van der Waals surface area contributed by atoms with E-state index in [-0.39, 0.29) is 35.2 Å². The first kappa shape index (κ1) is 14.7. The summed E-state index contributed by atoms with van der Waals surface area (Å²) in [5.41, 5.74) is 0.203. The third-order valence-electron chi connectivity index (χ3n) is 3.34. The van der Waals surface area contributed by atoms with Gasteiger partial charge in [-0.05, 0) is 19.3 Å². The smallest absolute Gasteiger partial charge is 0.307 e. The number of amides is 1. The normalized spacial score (nSPS) is 18.7. The van der Waals surface area contributed by atoms with Crippen molar-refractivity contribution >= 4 is 23.5 Å². The molecule has 1 aliphatic rings. The lowest BCUT2D eigenvalue weighted by atomic mass is 9.99. The molecule has 20 heavy (non-hydrogen) atoms. The number of piperidine rings is 1. The monoisotopic (exact) mass is 297 g/mol. The molecule has 0 aliphatic carbocycles. The molecule has 0 aromatic carbocycles. The van der Waals surface area contributed by atoms with Gasteiger partial charge in [-0.15, -0.1) is 0 Å². The van der Waals surface area contributed by atoms with Gasteiger partial charge in [0, 0.05) is 12.6 Å². The van der Waals surface area contributed by atoms with Gasteiger partial charge in [0.15, 0.2) is 0 Å². The van der Waals surface area contributed by atoms with E-state index in [0.29, 0.717) is 6.54 Å². The molecule has 1 aromatic rings. The number of halogens is 1. The molecule has 1 aromatic heterocycles. The minimum atomic E-state index is -0.313. The van der Waals surface area contributed by atoms with Gasteiger partial charge >= 0.3 is 5.97 Å². The summed E-state index contributed by atoms with van der Waals surface area (Å²) in [6, 6.07) is -0.149. The lowest BCUT2D eigenvalue weighted by molar-refractivity contribution is -0.142. The molecule has 1 aliphatic heterocycles. The average Bonchev–Trinajstić information content (AvgIpc) is 2.47. The van der Waals surface area contributed by atoms with E-state index in [0.717, 1.165) is 19.3 Å². The summed E-state index contributed by atoms with van der Waals surface area (Å²) in [7, 11) is 1.35. The molecular weight excluding hydrogens is 282 g/mol. The third-order valence-corrected chi connectivity index (χ3v) is 3.52. The van der Waals surface area contributed by atoms with Gasteiger partial charge in [-0.25, -0.2) is 4.98 Å². The second kappa shape index (κ2) is 6.65. The molecule has 0 saturated carbocycles. The maximum absolute atomic E-state index is 12.4. The van der Waals surface area contributed by atoms with Gasteiger partial charge in [0.2, 0.25) is 0 Å². The van der Waals surface area contributed by atoms with E-state index in [9.17, 15) is 9.59 Å². The van der Waals surface area contributed by atoms with Crippen molar-refractivity contribution in [3.05, 3.63) is 23.2 Å². The zero-order valence-corrected chi connectivity index (χ0v) is 12.0. The van der Waals surface area contributed by atoms with Gasteiger partial charge in [0.1, 0.15) is 10.8 Å². The Labute approximate surface area is 122 Å². The fraction of sp³-hybridized carbons (Fsp3) is 0.538. The molecule has 0 radical (unpaired) electrons. The zero-order valence-electron chi connectivity index (χ0n) is 11.2. The number of carbonyl (C=O) groups is 2. The van der Waals surface area contributed by atoms with Crippen LogP contribution in [-0.4, -0.2) is 46.4 Å². The number of nitrogens with zero attached hydrogens (tertiary/aromatic N) is 3. The van der Waals surface area contributed by atoms with Crippen LogP contribution in [0.25, 0.3) is 0 Å². The van der Waals surface area contributed by atoms with E-state index >= 15 is 0 Å². The van der Waals surface area contributed by atoms with Gasteiger partial charge in [-0.3, -0.25) is 14.6 Å². The van der Waals surface area contributed by atoms with Gasteiger partial charge in [0.05, 0.1) is 25.9 Å². The van der Waals surface area contributed by atoms with Crippen molar-refractivity contribution in [1.29, 1.82) is 0 Å². The fourth-order valence-corrected chi connectivity index (χ4v) is 2.50. The summed E-state index contributed by atoms with van der Waals surface area (Å²) in [6.45, 7) is 0.606. The van der Waals surface area contributed by atoms with Crippen LogP contribution >= 0.6 is 11.6 Å². The van der Waals surface area contributed by atoms with Gasteiger partial charge < -0.3 is 9.64 Å². The van der Waals surface area contributed by atoms with Crippen LogP contribution in [0.2, 0.25) is 5.15 Å². The fourth-order valence-electron chi connectivity index (χ4n) is 2.35. The predicted octanol–water partition coefficient (Wildman–Crippen LogP) is 1.69. The molecule has 7 heteroatoms. The van der Waals surface area contributed by atoms with Crippen LogP contribution in [0.4, 0.5) is 0 Å². The molecule has 0 N–H and O–H groups in total. The molecule has 1 atom stereocenters. The highest BCUT2D eigenvalue weighted by atomic mass is 35.5. The molecule has 2 heterocycles. The Bertz CT molecular complexity index is 509. The zero-order chi connectivity index (χ0) is 14.5. The average molecular weight is 298 g/mol. The molecule has 108 valence electrons. The first-order chi connectivity index (χ1) is 9.61. The number of hydrogen-bond acceptors (Lipinski definition) is 5. The lowest BCUT2D eigenvalue weighted by Gasteiger charge is -2.34. The highest BCUT2D eigenvalue weighted by Gasteiger charge is 2.30. The van der Waals surface area contributed by atoms with E-state index < -0.39 is 0 Å². The van der Waals surface area contributed by atoms with E-state index in [2.05, 4.69) is 14.7 Å². The Morgan fingerprint density at radius 2 is 2.25 bits per heavy atom. The van der Waals surface area contributed by atoms with Crippen LogP contribution in [0.3, 0.4) is 0 Å². The second-order valence-corrected chi connectivity index (χ2v) is 5.04. The highest BCUT2D eigenvalue weighted by molar-refractivity contribution is 6.29. The van der Waals surface area contributed by atoms with Crippen LogP contribution < -0.4 is 0 Å². The van der Waals surface area contributed by atoms with Crippen LogP contribution in [0.1, 0.15) is 36.2 Å². The first-order valence-electron chi connectivity index (χ1n) is 6.47. The maximum atomic E-state index is 12.4. The number of ether oxygens (including phenoxy) is 1. The van der Waals surface area contributed by atoms with Crippen molar-refractivity contribution in [3.63, 3.8) is 0 Å². The van der Waals surface area contributed by atoms with E-state index in [1.807, 2.05) is 0 Å². The van der Waals surface area contributed by atoms with Crippen LogP contribution in [0, 0.1) is 0 Å². The summed E-state index contributed by atoms with van der Waals surface area (Å²) in [5.74, 6) is -0.555. The summed E-state index contributed by atoms with van der Waals surface area (Å²) < 4.78 is 4.68. The highest BCUT2D eigenvalue weighted by Crippen LogP contribution is 2.22. The number of likely N-dealkylation sites (tertiary alicyclic amines) is 1.